The van der Waals surface area contributed by atoms with Crippen molar-refractivity contribution in [1.82, 2.24) is 5.32 Å². The van der Waals surface area contributed by atoms with Gasteiger partial charge < -0.3 is 5.73 Å². The van der Waals surface area contributed by atoms with E-state index in [1.165, 1.54) is 18.2 Å². The predicted octanol–water partition coefficient (Wildman–Crippen LogP) is 1.28. The van der Waals surface area contributed by atoms with Crippen LogP contribution >= 0.6 is 12.4 Å². The molecule has 7 heteroatoms. The van der Waals surface area contributed by atoms with Crippen molar-refractivity contribution in [2.45, 2.75) is 6.42 Å². The summed E-state index contributed by atoms with van der Waals surface area (Å²) in [5.41, 5.74) is 5.97. The highest BCUT2D eigenvalue weighted by molar-refractivity contribution is 6.05. The number of rotatable bonds is 1. The number of anilines is 2. The van der Waals surface area contributed by atoms with Crippen molar-refractivity contribution in [2.75, 3.05) is 17.2 Å². The first-order valence-electron chi connectivity index (χ1n) is 4.74. The molecule has 1 aliphatic heterocycles. The fourth-order valence-corrected chi connectivity index (χ4v) is 1.53. The fraction of sp³-hybridized carbons (Fsp3) is 0.200. The van der Waals surface area contributed by atoms with Gasteiger partial charge in [-0.25, -0.2) is 9.18 Å². The third-order valence-corrected chi connectivity index (χ3v) is 2.31. The Hall–Kier alpha value is -1.82. The second-order valence-electron chi connectivity index (χ2n) is 3.47. The third-order valence-electron chi connectivity index (χ3n) is 2.31. The summed E-state index contributed by atoms with van der Waals surface area (Å²) in [6.07, 6.45) is 0.153. The largest absolute Gasteiger partial charge is 0.399 e. The van der Waals surface area contributed by atoms with Crippen molar-refractivity contribution in [2.24, 2.45) is 0 Å². The van der Waals surface area contributed by atoms with Crippen LogP contribution in [0.25, 0.3) is 0 Å². The number of benzene rings is 1. The summed E-state index contributed by atoms with van der Waals surface area (Å²) >= 11 is 0. The Bertz CT molecular complexity index is 467. The van der Waals surface area contributed by atoms with Crippen LogP contribution in [0, 0.1) is 5.82 Å². The molecule has 0 saturated carbocycles. The summed E-state index contributed by atoms with van der Waals surface area (Å²) in [6, 6.07) is 3.34. The highest BCUT2D eigenvalue weighted by Crippen LogP contribution is 2.23. The Morgan fingerprint density at radius 1 is 1.35 bits per heavy atom. The lowest BCUT2D eigenvalue weighted by molar-refractivity contribution is -0.120. The molecule has 0 radical (unpaired) electrons. The molecule has 2 rings (SSSR count). The second kappa shape index (κ2) is 5.01. The van der Waals surface area contributed by atoms with E-state index >= 15 is 0 Å². The monoisotopic (exact) mass is 259 g/mol. The second-order valence-corrected chi connectivity index (χ2v) is 3.47. The standard InChI is InChI=1S/C10H10FN3O2.ClH/c11-7-2-1-6(12)5-8(7)14-4-3-9(15)13-10(14)16;/h1-2,5H,3-4,12H2,(H,13,15,16);1H. The van der Waals surface area contributed by atoms with Gasteiger partial charge in [-0.3, -0.25) is 15.0 Å². The van der Waals surface area contributed by atoms with Crippen LogP contribution in [-0.4, -0.2) is 18.5 Å². The van der Waals surface area contributed by atoms with Crippen molar-refractivity contribution in [3.63, 3.8) is 0 Å². The molecule has 1 aromatic rings. The molecular formula is C10H11ClFN3O2. The summed E-state index contributed by atoms with van der Waals surface area (Å²) in [5, 5.41) is 2.12. The number of hydrogen-bond donors (Lipinski definition) is 2. The summed E-state index contributed by atoms with van der Waals surface area (Å²) in [4.78, 5) is 23.5. The van der Waals surface area contributed by atoms with E-state index in [-0.39, 0.29) is 37.0 Å². The van der Waals surface area contributed by atoms with E-state index in [2.05, 4.69) is 5.32 Å². The summed E-state index contributed by atoms with van der Waals surface area (Å²) < 4.78 is 13.5. The maximum Gasteiger partial charge on any atom is 0.328 e. The number of nitrogens with one attached hydrogen (secondary N) is 1. The Kier molecular flexibility index (Phi) is 3.90. The average Bonchev–Trinajstić information content (AvgIpc) is 2.22. The molecule has 1 heterocycles. The predicted molar refractivity (Wildman–Crippen MR) is 63.6 cm³/mol. The van der Waals surface area contributed by atoms with E-state index in [0.717, 1.165) is 4.90 Å². The third kappa shape index (κ3) is 2.65. The van der Waals surface area contributed by atoms with Gasteiger partial charge in [-0.1, -0.05) is 0 Å². The molecule has 1 aliphatic rings. The van der Waals surface area contributed by atoms with E-state index in [1.54, 1.807) is 0 Å². The van der Waals surface area contributed by atoms with Gasteiger partial charge in [-0.2, -0.15) is 0 Å². The summed E-state index contributed by atoms with van der Waals surface area (Å²) in [6.45, 7) is 0.158. The minimum absolute atomic E-state index is 0. The number of urea groups is 1. The van der Waals surface area contributed by atoms with E-state index < -0.39 is 11.8 Å². The molecule has 1 fully saturated rings. The van der Waals surface area contributed by atoms with Gasteiger partial charge in [0, 0.05) is 18.7 Å². The van der Waals surface area contributed by atoms with Crippen molar-refractivity contribution in [3.8, 4) is 0 Å². The van der Waals surface area contributed by atoms with Crippen molar-refractivity contribution in [1.29, 1.82) is 0 Å². The van der Waals surface area contributed by atoms with Gasteiger partial charge in [0.25, 0.3) is 0 Å². The first kappa shape index (κ1) is 13.2. The van der Waals surface area contributed by atoms with Gasteiger partial charge in [0.1, 0.15) is 5.82 Å². The van der Waals surface area contributed by atoms with Gasteiger partial charge >= 0.3 is 6.03 Å². The van der Waals surface area contributed by atoms with Crippen molar-refractivity contribution >= 4 is 35.7 Å². The number of halogens is 2. The average molecular weight is 260 g/mol. The van der Waals surface area contributed by atoms with Crippen LogP contribution in [0.1, 0.15) is 6.42 Å². The number of carbonyl (C=O) groups excluding carboxylic acids is 2. The number of amides is 3. The zero-order valence-corrected chi connectivity index (χ0v) is 9.59. The quantitative estimate of drug-likeness (QED) is 0.746. The SMILES string of the molecule is Cl.Nc1ccc(F)c(N2CCC(=O)NC2=O)c1. The number of hydrogen-bond acceptors (Lipinski definition) is 3. The van der Waals surface area contributed by atoms with Gasteiger partial charge in [-0.15, -0.1) is 12.4 Å². The van der Waals surface area contributed by atoms with E-state index in [4.69, 9.17) is 5.73 Å². The lowest BCUT2D eigenvalue weighted by atomic mass is 10.2. The van der Waals surface area contributed by atoms with E-state index in [1.807, 2.05) is 0 Å². The highest BCUT2D eigenvalue weighted by Gasteiger charge is 2.26. The zero-order chi connectivity index (χ0) is 11.7. The molecule has 3 amide bonds. The molecule has 1 aromatic carbocycles. The molecular weight excluding hydrogens is 249 g/mol. The van der Waals surface area contributed by atoms with Crippen LogP contribution in [0.5, 0.6) is 0 Å². The summed E-state index contributed by atoms with van der Waals surface area (Å²) in [7, 11) is 0. The highest BCUT2D eigenvalue weighted by atomic mass is 35.5. The molecule has 0 spiro atoms. The molecule has 17 heavy (non-hydrogen) atoms. The van der Waals surface area contributed by atoms with Crippen LogP contribution in [0.15, 0.2) is 18.2 Å². The normalized spacial score (nSPS) is 15.2. The van der Waals surface area contributed by atoms with Crippen LogP contribution in [0.4, 0.5) is 20.6 Å². The minimum Gasteiger partial charge on any atom is -0.399 e. The molecule has 0 aromatic heterocycles. The van der Waals surface area contributed by atoms with Gasteiger partial charge in [0.2, 0.25) is 5.91 Å². The molecule has 0 atom stereocenters. The first-order valence-corrected chi connectivity index (χ1v) is 4.74. The Morgan fingerprint density at radius 3 is 2.71 bits per heavy atom. The van der Waals surface area contributed by atoms with E-state index in [9.17, 15) is 14.0 Å². The van der Waals surface area contributed by atoms with Crippen LogP contribution in [-0.2, 0) is 4.79 Å². The van der Waals surface area contributed by atoms with E-state index in [0.29, 0.717) is 5.69 Å². The Morgan fingerprint density at radius 2 is 2.06 bits per heavy atom. The van der Waals surface area contributed by atoms with Crippen molar-refractivity contribution in [3.05, 3.63) is 24.0 Å². The minimum atomic E-state index is -0.624. The maximum absolute atomic E-state index is 13.5. The number of nitrogen functional groups attached to an aromatic ring is 1. The molecule has 0 bridgehead atoms. The molecule has 0 aliphatic carbocycles. The number of imide groups is 1. The van der Waals surface area contributed by atoms with Crippen molar-refractivity contribution < 1.29 is 14.0 Å². The zero-order valence-electron chi connectivity index (χ0n) is 8.77. The molecule has 5 nitrogen and oxygen atoms in total. The molecule has 1 saturated heterocycles. The fourth-order valence-electron chi connectivity index (χ4n) is 1.53. The lowest BCUT2D eigenvalue weighted by Crippen LogP contribution is -2.49. The number of nitrogens with two attached hydrogens (primary N) is 1. The van der Waals surface area contributed by atoms with Gasteiger partial charge in [0.05, 0.1) is 5.69 Å². The van der Waals surface area contributed by atoms with Gasteiger partial charge in [-0.05, 0) is 18.2 Å². The molecule has 0 unspecified atom stereocenters. The molecule has 92 valence electrons. The maximum atomic E-state index is 13.5. The molecule has 3 N–H and O–H groups in total. The van der Waals surface area contributed by atoms with Gasteiger partial charge in [0.15, 0.2) is 0 Å². The lowest BCUT2D eigenvalue weighted by Gasteiger charge is -2.26. The Balaban J connectivity index is 0.00000144. The first-order chi connectivity index (χ1) is 7.58. The van der Waals surface area contributed by atoms with Crippen LogP contribution < -0.4 is 16.0 Å². The Labute approximate surface area is 103 Å². The number of carbonyl (C=O) groups is 2. The topological polar surface area (TPSA) is 75.4 Å². The summed E-state index contributed by atoms with van der Waals surface area (Å²) in [5.74, 6) is -0.899. The number of nitrogens with zero attached hydrogens (tertiary/aromatic N) is 1. The van der Waals surface area contributed by atoms with Crippen LogP contribution in [0.3, 0.4) is 0 Å². The van der Waals surface area contributed by atoms with Crippen LogP contribution in [0.2, 0.25) is 0 Å². The smallest absolute Gasteiger partial charge is 0.328 e.